The van der Waals surface area contributed by atoms with Gasteiger partial charge in [0.2, 0.25) is 0 Å². The van der Waals surface area contributed by atoms with E-state index in [2.05, 4.69) is 126 Å². The van der Waals surface area contributed by atoms with Gasteiger partial charge in [-0.3, -0.25) is 0 Å². The standard InChI is InChI=1S/C34H54NO2P/c1-23-19-25(31(3,4)5)21-27(33(9,10)11)29(23)36-38(35-17-15-16-18-35)37-30-24(2)20-26(32(6,7)8)22-28(30)34(12,13)14/h19-22H,15-18H2,1-14H3. The first-order valence-corrected chi connectivity index (χ1v) is 15.5. The summed E-state index contributed by atoms with van der Waals surface area (Å²) >= 11 is 0. The van der Waals surface area contributed by atoms with Crippen LogP contribution in [0.1, 0.15) is 129 Å². The van der Waals surface area contributed by atoms with Crippen LogP contribution in [0.2, 0.25) is 0 Å². The van der Waals surface area contributed by atoms with Gasteiger partial charge in [-0.05, 0) is 70.6 Å². The topological polar surface area (TPSA) is 21.7 Å². The maximum absolute atomic E-state index is 7.05. The van der Waals surface area contributed by atoms with Crippen molar-refractivity contribution in [1.29, 1.82) is 0 Å². The summed E-state index contributed by atoms with van der Waals surface area (Å²) in [6.45, 7) is 33.8. The van der Waals surface area contributed by atoms with Crippen LogP contribution in [-0.4, -0.2) is 17.8 Å². The first kappa shape index (κ1) is 31.0. The SMILES string of the molecule is Cc1cc(C(C)(C)C)cc(C(C)(C)C)c1OP(Oc1c(C)cc(C(C)(C)C)cc1C(C)(C)C)N1CCCC1. The highest BCUT2D eigenvalue weighted by Gasteiger charge is 2.34. The lowest BCUT2D eigenvalue weighted by molar-refractivity contribution is 0.378. The molecule has 1 aliphatic heterocycles. The van der Waals surface area contributed by atoms with Crippen molar-refractivity contribution in [2.45, 2.75) is 131 Å². The lowest BCUT2D eigenvalue weighted by Crippen LogP contribution is -2.23. The van der Waals surface area contributed by atoms with E-state index >= 15 is 0 Å². The summed E-state index contributed by atoms with van der Waals surface area (Å²) in [6.07, 6.45) is 2.38. The number of aryl methyl sites for hydroxylation is 2. The summed E-state index contributed by atoms with van der Waals surface area (Å²) in [6, 6.07) is 9.35. The molecule has 0 bridgehead atoms. The Bertz CT molecular complexity index is 1050. The van der Waals surface area contributed by atoms with Crippen molar-refractivity contribution in [2.24, 2.45) is 0 Å². The van der Waals surface area contributed by atoms with Crippen LogP contribution >= 0.6 is 8.53 Å². The maximum atomic E-state index is 7.05. The summed E-state index contributed by atoms with van der Waals surface area (Å²) in [5.74, 6) is 1.98. The van der Waals surface area contributed by atoms with Crippen LogP contribution in [0, 0.1) is 13.8 Å². The lowest BCUT2D eigenvalue weighted by Gasteiger charge is -2.34. The lowest BCUT2D eigenvalue weighted by atomic mass is 9.79. The van der Waals surface area contributed by atoms with E-state index in [-0.39, 0.29) is 21.7 Å². The van der Waals surface area contributed by atoms with Gasteiger partial charge in [-0.1, -0.05) is 107 Å². The first-order chi connectivity index (χ1) is 17.2. The van der Waals surface area contributed by atoms with Crippen molar-refractivity contribution in [3.8, 4) is 11.5 Å². The molecule has 0 saturated carbocycles. The molecule has 1 aliphatic rings. The summed E-state index contributed by atoms with van der Waals surface area (Å²) in [5, 5.41) is 0. The molecule has 0 spiro atoms. The molecule has 0 amide bonds. The van der Waals surface area contributed by atoms with E-state index < -0.39 is 8.53 Å². The Morgan fingerprint density at radius 2 is 0.895 bits per heavy atom. The van der Waals surface area contributed by atoms with Gasteiger partial charge in [0, 0.05) is 24.2 Å². The summed E-state index contributed by atoms with van der Waals surface area (Å²) < 4.78 is 16.5. The highest BCUT2D eigenvalue weighted by molar-refractivity contribution is 7.45. The van der Waals surface area contributed by atoms with Crippen molar-refractivity contribution in [1.82, 2.24) is 4.67 Å². The molecule has 4 heteroatoms. The Morgan fingerprint density at radius 1 is 0.553 bits per heavy atom. The van der Waals surface area contributed by atoms with E-state index in [1.807, 2.05) is 0 Å². The maximum Gasteiger partial charge on any atom is 0.384 e. The predicted octanol–water partition coefficient (Wildman–Crippen LogP) is 10.3. The Labute approximate surface area is 235 Å². The third kappa shape index (κ3) is 7.14. The molecule has 0 aromatic heterocycles. The molecule has 2 aromatic carbocycles. The molecular weight excluding hydrogens is 485 g/mol. The van der Waals surface area contributed by atoms with Crippen LogP contribution in [0.25, 0.3) is 0 Å². The second-order valence-electron chi connectivity index (χ2n) is 15.4. The molecule has 3 nitrogen and oxygen atoms in total. The first-order valence-electron chi connectivity index (χ1n) is 14.4. The Morgan fingerprint density at radius 3 is 1.18 bits per heavy atom. The van der Waals surface area contributed by atoms with Gasteiger partial charge >= 0.3 is 8.53 Å². The molecule has 0 N–H and O–H groups in total. The van der Waals surface area contributed by atoms with Gasteiger partial charge in [-0.25, -0.2) is 4.67 Å². The van der Waals surface area contributed by atoms with Crippen molar-refractivity contribution >= 4 is 8.53 Å². The largest absolute Gasteiger partial charge is 0.426 e. The smallest absolute Gasteiger partial charge is 0.384 e. The van der Waals surface area contributed by atoms with Gasteiger partial charge < -0.3 is 9.05 Å². The fraction of sp³-hybridized carbons (Fsp3) is 0.647. The summed E-state index contributed by atoms with van der Waals surface area (Å²) in [7, 11) is -1.32. The summed E-state index contributed by atoms with van der Waals surface area (Å²) in [5.41, 5.74) is 7.65. The second kappa shape index (κ2) is 10.8. The van der Waals surface area contributed by atoms with Gasteiger partial charge in [0.15, 0.2) is 0 Å². The minimum Gasteiger partial charge on any atom is -0.426 e. The molecule has 38 heavy (non-hydrogen) atoms. The summed E-state index contributed by atoms with van der Waals surface area (Å²) in [4.78, 5) is 0. The molecule has 1 saturated heterocycles. The number of hydrogen-bond acceptors (Lipinski definition) is 3. The van der Waals surface area contributed by atoms with Gasteiger partial charge in [-0.2, -0.15) is 0 Å². The third-order valence-corrected chi connectivity index (χ3v) is 9.09. The normalized spacial score (nSPS) is 15.9. The third-order valence-electron chi connectivity index (χ3n) is 7.55. The zero-order valence-corrected chi connectivity index (χ0v) is 27.7. The van der Waals surface area contributed by atoms with E-state index in [1.54, 1.807) is 0 Å². The highest BCUT2D eigenvalue weighted by atomic mass is 31.2. The Kier molecular flexibility index (Phi) is 8.78. The average Bonchev–Trinajstić information content (AvgIpc) is 3.26. The molecule has 0 unspecified atom stereocenters. The molecule has 1 fully saturated rings. The molecular formula is C34H54NO2P. The van der Waals surface area contributed by atoms with Crippen LogP contribution < -0.4 is 9.05 Å². The van der Waals surface area contributed by atoms with Crippen molar-refractivity contribution < 1.29 is 9.05 Å². The van der Waals surface area contributed by atoms with E-state index in [0.29, 0.717) is 0 Å². The molecule has 1 heterocycles. The van der Waals surface area contributed by atoms with Gasteiger partial charge in [-0.15, -0.1) is 0 Å². The van der Waals surface area contributed by atoms with Gasteiger partial charge in [0.05, 0.1) is 0 Å². The predicted molar refractivity (Wildman–Crippen MR) is 166 cm³/mol. The van der Waals surface area contributed by atoms with Crippen LogP contribution in [-0.2, 0) is 21.7 Å². The van der Waals surface area contributed by atoms with Crippen LogP contribution in [0.15, 0.2) is 24.3 Å². The van der Waals surface area contributed by atoms with E-state index in [1.165, 1.54) is 46.2 Å². The van der Waals surface area contributed by atoms with E-state index in [4.69, 9.17) is 9.05 Å². The molecule has 2 aromatic rings. The average molecular weight is 540 g/mol. The van der Waals surface area contributed by atoms with Gasteiger partial charge in [0.25, 0.3) is 0 Å². The van der Waals surface area contributed by atoms with Gasteiger partial charge in [0.1, 0.15) is 11.5 Å². The zero-order chi connectivity index (χ0) is 28.8. The molecule has 0 radical (unpaired) electrons. The number of hydrogen-bond donors (Lipinski definition) is 0. The van der Waals surface area contributed by atoms with Crippen LogP contribution in [0.3, 0.4) is 0 Å². The highest BCUT2D eigenvalue weighted by Crippen LogP contribution is 2.52. The second-order valence-corrected chi connectivity index (χ2v) is 16.8. The number of benzene rings is 2. The molecule has 212 valence electrons. The minimum absolute atomic E-state index is 0.0474. The zero-order valence-electron chi connectivity index (χ0n) is 26.8. The van der Waals surface area contributed by atoms with Crippen LogP contribution in [0.4, 0.5) is 0 Å². The van der Waals surface area contributed by atoms with E-state index in [0.717, 1.165) is 24.6 Å². The fourth-order valence-corrected chi connectivity index (χ4v) is 6.60. The van der Waals surface area contributed by atoms with E-state index in [9.17, 15) is 0 Å². The Balaban J connectivity index is 2.15. The van der Waals surface area contributed by atoms with Crippen molar-refractivity contribution in [3.63, 3.8) is 0 Å². The molecule has 3 rings (SSSR count). The number of rotatable bonds is 5. The monoisotopic (exact) mass is 539 g/mol. The van der Waals surface area contributed by atoms with Crippen molar-refractivity contribution in [2.75, 3.05) is 13.1 Å². The number of nitrogens with zero attached hydrogens (tertiary/aromatic N) is 1. The fourth-order valence-electron chi connectivity index (χ4n) is 4.92. The molecule has 0 aliphatic carbocycles. The van der Waals surface area contributed by atoms with Crippen molar-refractivity contribution in [3.05, 3.63) is 57.6 Å². The minimum atomic E-state index is -1.32. The van der Waals surface area contributed by atoms with Crippen LogP contribution in [0.5, 0.6) is 11.5 Å². The Hall–Kier alpha value is -1.57. The quantitative estimate of drug-likeness (QED) is 0.353. The molecule has 0 atom stereocenters.